The maximum atomic E-state index is 12.4. The maximum absolute atomic E-state index is 12.4. The molecule has 0 spiro atoms. The number of allylic oxidation sites excluding steroid dienone is 6. The van der Waals surface area contributed by atoms with Crippen LogP contribution in [0.4, 0.5) is 8.78 Å². The number of ketones is 1. The number of hydrogen-bond acceptors (Lipinski definition) is 4. The molecule has 0 bridgehead atoms. The molecule has 33 heavy (non-hydrogen) atoms. The molecular weight excluding hydrogens is 422 g/mol. The summed E-state index contributed by atoms with van der Waals surface area (Å²) < 4.78 is 29.8. The quantitative estimate of drug-likeness (QED) is 0.129. The van der Waals surface area contributed by atoms with E-state index in [2.05, 4.69) is 23.1 Å². The number of hydrogen-bond donors (Lipinski definition) is 0. The summed E-state index contributed by atoms with van der Waals surface area (Å²) in [4.78, 5) is 18.6. The first kappa shape index (κ1) is 29.6. The summed E-state index contributed by atoms with van der Waals surface area (Å²) in [6.45, 7) is 14.7. The Bertz CT molecular complexity index is 968. The number of nitrogens with zero attached hydrogens (tertiary/aromatic N) is 2. The molecule has 1 aromatic rings. The van der Waals surface area contributed by atoms with Gasteiger partial charge in [-0.3, -0.25) is 14.8 Å². The van der Waals surface area contributed by atoms with Gasteiger partial charge in [-0.1, -0.05) is 68.2 Å². The largest absolute Gasteiger partial charge is 0.438 e. The van der Waals surface area contributed by atoms with Gasteiger partial charge in [0.2, 0.25) is 0 Å². The Morgan fingerprint density at radius 2 is 1.82 bits per heavy atom. The highest BCUT2D eigenvalue weighted by atomic mass is 19.3. The van der Waals surface area contributed by atoms with Gasteiger partial charge in [-0.25, -0.2) is 0 Å². The number of halogens is 2. The van der Waals surface area contributed by atoms with Crippen molar-refractivity contribution >= 4 is 23.5 Å². The Balaban J connectivity index is 0.000000629. The van der Waals surface area contributed by atoms with Crippen molar-refractivity contribution in [3.05, 3.63) is 89.8 Å². The number of aliphatic imine (C=N–C) groups is 2. The molecule has 4 nitrogen and oxygen atoms in total. The lowest BCUT2D eigenvalue weighted by molar-refractivity contribution is 0.101. The monoisotopic (exact) mass is 456 g/mol. The van der Waals surface area contributed by atoms with Crippen LogP contribution in [0.25, 0.3) is 5.57 Å². The average Bonchev–Trinajstić information content (AvgIpc) is 2.81. The highest BCUT2D eigenvalue weighted by molar-refractivity contribution is 6.10. The van der Waals surface area contributed by atoms with Crippen molar-refractivity contribution in [2.45, 2.75) is 40.5 Å². The standard InChI is InChI=1S/C14H19F2NO.C13H15NO/c1-6-10(3)8-9-12(7-2)11(4)18-14(17-5)13(15)16;1-4-11(9-14-3)13-7-5-6-12(8-13)10(2)15/h7-9,13H,2,4,6H2,1,3,5H3;4-9H,1-3H3/b10-8+,12-9+,17-14?;11-4+,14-9?. The van der Waals surface area contributed by atoms with E-state index in [1.807, 2.05) is 57.2 Å². The molecule has 0 unspecified atom stereocenters. The normalized spacial score (nSPS) is 13.0. The van der Waals surface area contributed by atoms with Crippen LogP contribution in [0.3, 0.4) is 0 Å². The van der Waals surface area contributed by atoms with Gasteiger partial charge in [-0.05, 0) is 44.4 Å². The summed E-state index contributed by atoms with van der Waals surface area (Å²) in [6.07, 6.45) is 7.02. The van der Waals surface area contributed by atoms with E-state index in [-0.39, 0.29) is 11.5 Å². The van der Waals surface area contributed by atoms with Gasteiger partial charge in [0, 0.05) is 31.4 Å². The smallest absolute Gasteiger partial charge is 0.312 e. The second-order valence-corrected chi connectivity index (χ2v) is 6.85. The van der Waals surface area contributed by atoms with E-state index in [9.17, 15) is 13.6 Å². The fourth-order valence-corrected chi connectivity index (χ4v) is 2.37. The first-order valence-corrected chi connectivity index (χ1v) is 10.5. The summed E-state index contributed by atoms with van der Waals surface area (Å²) in [5, 5.41) is 0. The molecule has 0 aliphatic rings. The number of carbonyl (C=O) groups is 1. The molecular formula is C27H34F2N2O2. The molecule has 1 rings (SSSR count). The summed E-state index contributed by atoms with van der Waals surface area (Å²) in [5.41, 5.74) is 4.48. The van der Waals surface area contributed by atoms with Crippen molar-refractivity contribution in [3.8, 4) is 0 Å². The molecule has 178 valence electrons. The predicted octanol–water partition coefficient (Wildman–Crippen LogP) is 7.27. The van der Waals surface area contributed by atoms with E-state index in [1.165, 1.54) is 13.1 Å². The summed E-state index contributed by atoms with van der Waals surface area (Å²) >= 11 is 0. The average molecular weight is 457 g/mol. The molecule has 0 saturated carbocycles. The van der Waals surface area contributed by atoms with E-state index in [0.29, 0.717) is 5.57 Å². The number of benzene rings is 1. The fraction of sp³-hybridized carbons (Fsp3) is 0.296. The summed E-state index contributed by atoms with van der Waals surface area (Å²) in [5.74, 6) is -0.462. The van der Waals surface area contributed by atoms with E-state index < -0.39 is 12.3 Å². The number of carbonyl (C=O) groups excluding carboxylic acids is 1. The van der Waals surface area contributed by atoms with Gasteiger partial charge >= 0.3 is 6.43 Å². The highest BCUT2D eigenvalue weighted by Crippen LogP contribution is 2.16. The zero-order valence-corrected chi connectivity index (χ0v) is 20.4. The first-order valence-electron chi connectivity index (χ1n) is 10.5. The van der Waals surface area contributed by atoms with Crippen LogP contribution in [-0.2, 0) is 4.74 Å². The van der Waals surface area contributed by atoms with Crippen LogP contribution >= 0.6 is 0 Å². The Hall–Kier alpha value is -3.41. The Morgan fingerprint density at radius 1 is 1.18 bits per heavy atom. The lowest BCUT2D eigenvalue weighted by Crippen LogP contribution is -2.14. The van der Waals surface area contributed by atoms with Gasteiger partial charge in [-0.15, -0.1) is 0 Å². The van der Waals surface area contributed by atoms with Crippen molar-refractivity contribution in [1.29, 1.82) is 0 Å². The molecule has 0 fully saturated rings. The zero-order chi connectivity index (χ0) is 25.4. The van der Waals surface area contributed by atoms with Crippen LogP contribution < -0.4 is 0 Å². The lowest BCUT2D eigenvalue weighted by Gasteiger charge is -2.10. The Kier molecular flexibility index (Phi) is 14.6. The molecule has 0 atom stereocenters. The van der Waals surface area contributed by atoms with E-state index in [0.717, 1.165) is 28.7 Å². The van der Waals surface area contributed by atoms with Crippen molar-refractivity contribution < 1.29 is 18.3 Å². The van der Waals surface area contributed by atoms with Crippen LogP contribution in [-0.4, -0.2) is 38.4 Å². The maximum Gasteiger partial charge on any atom is 0.312 e. The van der Waals surface area contributed by atoms with Gasteiger partial charge in [0.05, 0.1) is 0 Å². The van der Waals surface area contributed by atoms with Gasteiger partial charge in [0.1, 0.15) is 5.76 Å². The van der Waals surface area contributed by atoms with Crippen molar-refractivity contribution in [1.82, 2.24) is 0 Å². The lowest BCUT2D eigenvalue weighted by atomic mass is 10.0. The third kappa shape index (κ3) is 11.1. The van der Waals surface area contributed by atoms with E-state index in [1.54, 1.807) is 26.3 Å². The third-order valence-corrected chi connectivity index (χ3v) is 4.46. The van der Waals surface area contributed by atoms with Gasteiger partial charge in [-0.2, -0.15) is 8.78 Å². The van der Waals surface area contributed by atoms with Gasteiger partial charge in [0.15, 0.2) is 5.78 Å². The molecule has 0 heterocycles. The number of rotatable bonds is 9. The SMILES string of the molecule is C/C=C(\C=NC)c1cccc(C(C)=O)c1.C=C/C(=C\C=C(/C)CC)C(=C)OC(=NC)C(F)F. The van der Waals surface area contributed by atoms with Crippen LogP contribution in [0, 0.1) is 0 Å². The first-order chi connectivity index (χ1) is 15.6. The van der Waals surface area contributed by atoms with Crippen LogP contribution in [0.1, 0.15) is 50.0 Å². The van der Waals surface area contributed by atoms with Crippen molar-refractivity contribution in [3.63, 3.8) is 0 Å². The fourth-order valence-electron chi connectivity index (χ4n) is 2.37. The highest BCUT2D eigenvalue weighted by Gasteiger charge is 2.16. The minimum absolute atomic E-state index is 0.0840. The predicted molar refractivity (Wildman–Crippen MR) is 136 cm³/mol. The summed E-state index contributed by atoms with van der Waals surface area (Å²) in [6, 6.07) is 7.57. The molecule has 1 aromatic carbocycles. The second-order valence-electron chi connectivity index (χ2n) is 6.85. The molecule has 0 radical (unpaired) electrons. The van der Waals surface area contributed by atoms with Crippen LogP contribution in [0.5, 0.6) is 0 Å². The molecule has 0 amide bonds. The van der Waals surface area contributed by atoms with E-state index >= 15 is 0 Å². The summed E-state index contributed by atoms with van der Waals surface area (Å²) in [7, 11) is 2.98. The third-order valence-electron chi connectivity index (χ3n) is 4.46. The molecule has 0 aromatic heterocycles. The Morgan fingerprint density at radius 3 is 2.27 bits per heavy atom. The second kappa shape index (κ2) is 16.3. The molecule has 0 aliphatic heterocycles. The number of alkyl halides is 2. The van der Waals surface area contributed by atoms with Gasteiger partial charge < -0.3 is 4.74 Å². The molecule has 6 heteroatoms. The van der Waals surface area contributed by atoms with Crippen LogP contribution in [0.15, 0.2) is 88.6 Å². The van der Waals surface area contributed by atoms with Crippen molar-refractivity contribution in [2.75, 3.05) is 14.1 Å². The molecule has 0 aliphatic carbocycles. The van der Waals surface area contributed by atoms with E-state index in [4.69, 9.17) is 4.74 Å². The van der Waals surface area contributed by atoms with Crippen LogP contribution in [0.2, 0.25) is 0 Å². The number of ether oxygens (including phenoxy) is 1. The Labute approximate surface area is 196 Å². The molecule has 0 saturated heterocycles. The minimum atomic E-state index is -2.76. The number of Topliss-reactive ketones (excluding diaryl/α,β-unsaturated/α-hetero) is 1. The molecule has 0 N–H and O–H groups in total. The van der Waals surface area contributed by atoms with Gasteiger partial charge in [0.25, 0.3) is 5.90 Å². The van der Waals surface area contributed by atoms with Crippen molar-refractivity contribution in [2.24, 2.45) is 9.98 Å². The minimum Gasteiger partial charge on any atom is -0.438 e. The topological polar surface area (TPSA) is 51.0 Å². The zero-order valence-electron chi connectivity index (χ0n) is 20.4.